The van der Waals surface area contributed by atoms with E-state index >= 15 is 0 Å². The van der Waals surface area contributed by atoms with Crippen molar-refractivity contribution in [2.75, 3.05) is 18.0 Å². The fourth-order valence-electron chi connectivity index (χ4n) is 1.85. The van der Waals surface area contributed by atoms with Crippen LogP contribution in [0.15, 0.2) is 6.33 Å². The Kier molecular flexibility index (Phi) is 2.18. The summed E-state index contributed by atoms with van der Waals surface area (Å²) in [5.41, 5.74) is 0. The topological polar surface area (TPSA) is 56.8 Å². The van der Waals surface area contributed by atoms with Crippen molar-refractivity contribution in [2.24, 2.45) is 0 Å². The van der Waals surface area contributed by atoms with Crippen LogP contribution in [0.4, 0.5) is 5.95 Å². The molecule has 1 aliphatic rings. The van der Waals surface area contributed by atoms with Crippen molar-refractivity contribution < 1.29 is 0 Å². The number of nitrogens with zero attached hydrogens (tertiary/aromatic N) is 3. The van der Waals surface area contributed by atoms with Crippen molar-refractivity contribution in [1.82, 2.24) is 20.5 Å². The van der Waals surface area contributed by atoms with Gasteiger partial charge in [0.15, 0.2) is 0 Å². The molecule has 0 aromatic carbocycles. The maximum Gasteiger partial charge on any atom is 0.221 e. The van der Waals surface area contributed by atoms with E-state index < -0.39 is 0 Å². The predicted octanol–water partition coefficient (Wildman–Crippen LogP) is -0.00870. The Morgan fingerprint density at radius 3 is 2.62 bits per heavy atom. The number of anilines is 1. The van der Waals surface area contributed by atoms with Gasteiger partial charge in [-0.2, -0.15) is 10.1 Å². The highest BCUT2D eigenvalue weighted by molar-refractivity contribution is 5.29. The molecule has 2 unspecified atom stereocenters. The highest BCUT2D eigenvalue weighted by Gasteiger charge is 2.22. The van der Waals surface area contributed by atoms with E-state index in [9.17, 15) is 0 Å². The third-order valence-corrected chi connectivity index (χ3v) is 2.26. The number of hydrogen-bond acceptors (Lipinski definition) is 4. The average Bonchev–Trinajstić information content (AvgIpc) is 2.53. The molecule has 2 rings (SSSR count). The van der Waals surface area contributed by atoms with Gasteiger partial charge in [-0.1, -0.05) is 0 Å². The van der Waals surface area contributed by atoms with Gasteiger partial charge in [-0.05, 0) is 13.8 Å². The molecule has 1 aromatic rings. The molecule has 0 saturated carbocycles. The number of hydrogen-bond donors (Lipinski definition) is 2. The van der Waals surface area contributed by atoms with Gasteiger partial charge >= 0.3 is 0 Å². The van der Waals surface area contributed by atoms with Crippen LogP contribution < -0.4 is 10.2 Å². The number of H-pyrrole nitrogens is 1. The van der Waals surface area contributed by atoms with Gasteiger partial charge in [-0.3, -0.25) is 0 Å². The molecule has 1 aliphatic heterocycles. The summed E-state index contributed by atoms with van der Waals surface area (Å²) in [6.45, 7) is 6.33. The van der Waals surface area contributed by atoms with E-state index in [2.05, 4.69) is 39.2 Å². The second kappa shape index (κ2) is 3.33. The van der Waals surface area contributed by atoms with E-state index in [1.54, 1.807) is 6.33 Å². The molecule has 0 bridgehead atoms. The standard InChI is InChI=1S/C8H15N5/c1-6-3-13(4-7(2)11-6)8-9-5-10-12-8/h5-7,11H,3-4H2,1-2H3,(H,9,10,12). The first-order valence-electron chi connectivity index (χ1n) is 4.62. The Balaban J connectivity index is 2.07. The second-order valence-corrected chi connectivity index (χ2v) is 3.68. The Morgan fingerprint density at radius 1 is 1.38 bits per heavy atom. The van der Waals surface area contributed by atoms with Crippen molar-refractivity contribution in [3.63, 3.8) is 0 Å². The lowest BCUT2D eigenvalue weighted by Crippen LogP contribution is -2.54. The Bertz CT molecular complexity index is 248. The van der Waals surface area contributed by atoms with Crippen molar-refractivity contribution >= 4 is 5.95 Å². The highest BCUT2D eigenvalue weighted by Crippen LogP contribution is 2.10. The van der Waals surface area contributed by atoms with Crippen molar-refractivity contribution in [3.8, 4) is 0 Å². The lowest BCUT2D eigenvalue weighted by Gasteiger charge is -2.35. The summed E-state index contributed by atoms with van der Waals surface area (Å²) in [6, 6.07) is 1.02. The van der Waals surface area contributed by atoms with Gasteiger partial charge in [0.2, 0.25) is 5.95 Å². The van der Waals surface area contributed by atoms with Gasteiger partial charge in [-0.15, -0.1) is 0 Å². The van der Waals surface area contributed by atoms with Crippen LogP contribution in [-0.4, -0.2) is 40.4 Å². The molecule has 13 heavy (non-hydrogen) atoms. The molecule has 0 amide bonds. The average molecular weight is 181 g/mol. The van der Waals surface area contributed by atoms with Crippen molar-refractivity contribution in [1.29, 1.82) is 0 Å². The van der Waals surface area contributed by atoms with Gasteiger partial charge in [0.25, 0.3) is 0 Å². The largest absolute Gasteiger partial charge is 0.338 e. The van der Waals surface area contributed by atoms with E-state index in [1.165, 1.54) is 0 Å². The maximum atomic E-state index is 4.14. The van der Waals surface area contributed by atoms with E-state index in [1.807, 2.05) is 0 Å². The molecule has 1 saturated heterocycles. The second-order valence-electron chi connectivity index (χ2n) is 3.68. The zero-order valence-corrected chi connectivity index (χ0v) is 7.99. The summed E-state index contributed by atoms with van der Waals surface area (Å²) in [5.74, 6) is 0.875. The highest BCUT2D eigenvalue weighted by atomic mass is 15.4. The van der Waals surface area contributed by atoms with E-state index in [0.29, 0.717) is 12.1 Å². The minimum Gasteiger partial charge on any atom is -0.338 e. The fourth-order valence-corrected chi connectivity index (χ4v) is 1.85. The van der Waals surface area contributed by atoms with Crippen LogP contribution in [0.5, 0.6) is 0 Å². The lowest BCUT2D eigenvalue weighted by molar-refractivity contribution is 0.403. The monoisotopic (exact) mass is 181 g/mol. The van der Waals surface area contributed by atoms with Crippen LogP contribution in [0.25, 0.3) is 0 Å². The molecule has 0 aliphatic carbocycles. The normalized spacial score (nSPS) is 29.2. The first-order valence-corrected chi connectivity index (χ1v) is 4.62. The summed E-state index contributed by atoms with van der Waals surface area (Å²) in [5, 5.41) is 10.2. The summed E-state index contributed by atoms with van der Waals surface area (Å²) in [6.07, 6.45) is 1.55. The van der Waals surface area contributed by atoms with Gasteiger partial charge in [0.1, 0.15) is 6.33 Å². The Hall–Kier alpha value is -1.10. The lowest BCUT2D eigenvalue weighted by atomic mass is 10.1. The van der Waals surface area contributed by atoms with Crippen LogP contribution in [0.1, 0.15) is 13.8 Å². The summed E-state index contributed by atoms with van der Waals surface area (Å²) >= 11 is 0. The molecule has 5 nitrogen and oxygen atoms in total. The first kappa shape index (κ1) is 8.50. The molecule has 2 N–H and O–H groups in total. The Labute approximate surface area is 77.5 Å². The van der Waals surface area contributed by atoms with E-state index in [0.717, 1.165) is 19.0 Å². The zero-order valence-electron chi connectivity index (χ0n) is 7.99. The number of piperazine rings is 1. The third kappa shape index (κ3) is 1.80. The smallest absolute Gasteiger partial charge is 0.221 e. The third-order valence-electron chi connectivity index (χ3n) is 2.26. The van der Waals surface area contributed by atoms with E-state index in [-0.39, 0.29) is 0 Å². The minimum absolute atomic E-state index is 0.508. The number of rotatable bonds is 1. The van der Waals surface area contributed by atoms with Gasteiger partial charge in [-0.25, -0.2) is 5.10 Å². The molecule has 0 spiro atoms. The molecule has 2 heterocycles. The molecule has 2 atom stereocenters. The first-order chi connectivity index (χ1) is 6.25. The molecule has 0 radical (unpaired) electrons. The summed E-state index contributed by atoms with van der Waals surface area (Å²) in [4.78, 5) is 6.36. The van der Waals surface area contributed by atoms with Crippen LogP contribution >= 0.6 is 0 Å². The quantitative estimate of drug-likeness (QED) is 0.640. The molecule has 72 valence electrons. The molecule has 5 heteroatoms. The number of aromatic nitrogens is 3. The molecular formula is C8H15N5. The van der Waals surface area contributed by atoms with Gasteiger partial charge < -0.3 is 10.2 Å². The Morgan fingerprint density at radius 2 is 2.08 bits per heavy atom. The van der Waals surface area contributed by atoms with Crippen LogP contribution in [-0.2, 0) is 0 Å². The fraction of sp³-hybridized carbons (Fsp3) is 0.750. The SMILES string of the molecule is CC1CN(c2ncn[nH]2)CC(C)N1. The number of aromatic amines is 1. The summed E-state index contributed by atoms with van der Waals surface area (Å²) in [7, 11) is 0. The number of nitrogens with one attached hydrogen (secondary N) is 2. The van der Waals surface area contributed by atoms with Crippen molar-refractivity contribution in [2.45, 2.75) is 25.9 Å². The molecular weight excluding hydrogens is 166 g/mol. The van der Waals surface area contributed by atoms with Crippen LogP contribution in [0.3, 0.4) is 0 Å². The predicted molar refractivity (Wildman–Crippen MR) is 50.7 cm³/mol. The van der Waals surface area contributed by atoms with Crippen LogP contribution in [0.2, 0.25) is 0 Å². The van der Waals surface area contributed by atoms with Crippen LogP contribution in [0, 0.1) is 0 Å². The van der Waals surface area contributed by atoms with E-state index in [4.69, 9.17) is 0 Å². The minimum atomic E-state index is 0.508. The zero-order chi connectivity index (χ0) is 9.26. The molecule has 1 fully saturated rings. The van der Waals surface area contributed by atoms with Gasteiger partial charge in [0.05, 0.1) is 0 Å². The molecule has 1 aromatic heterocycles. The van der Waals surface area contributed by atoms with Gasteiger partial charge in [0, 0.05) is 25.2 Å². The summed E-state index contributed by atoms with van der Waals surface area (Å²) < 4.78 is 0. The maximum absolute atomic E-state index is 4.14. The van der Waals surface area contributed by atoms with Crippen molar-refractivity contribution in [3.05, 3.63) is 6.33 Å².